The van der Waals surface area contributed by atoms with E-state index in [0.29, 0.717) is 36.8 Å². The standard InChI is InChI=1S/C18H22N2O3/c1-22-14-13-19-11-12-20-18(21)16-9-5-6-10-17(16)23-15-7-3-2-4-8-15/h2-10,19H,11-14H2,1H3,(H,20,21). The minimum absolute atomic E-state index is 0.148. The summed E-state index contributed by atoms with van der Waals surface area (Å²) >= 11 is 0. The molecule has 2 aromatic carbocycles. The molecule has 0 heterocycles. The molecule has 0 saturated carbocycles. The van der Waals surface area contributed by atoms with Gasteiger partial charge in [-0.05, 0) is 24.3 Å². The maximum absolute atomic E-state index is 12.3. The summed E-state index contributed by atoms with van der Waals surface area (Å²) in [6.07, 6.45) is 0. The smallest absolute Gasteiger partial charge is 0.255 e. The molecule has 0 radical (unpaired) electrons. The number of nitrogens with one attached hydrogen (secondary N) is 2. The normalized spacial score (nSPS) is 10.3. The van der Waals surface area contributed by atoms with E-state index in [0.717, 1.165) is 6.54 Å². The third-order valence-electron chi connectivity index (χ3n) is 3.17. The van der Waals surface area contributed by atoms with Crippen LogP contribution in [0.1, 0.15) is 10.4 Å². The first-order chi connectivity index (χ1) is 11.3. The van der Waals surface area contributed by atoms with Crippen LogP contribution in [0.5, 0.6) is 11.5 Å². The molecule has 0 aromatic heterocycles. The SMILES string of the molecule is COCCNCCNC(=O)c1ccccc1Oc1ccccc1. The van der Waals surface area contributed by atoms with Crippen LogP contribution in [-0.4, -0.2) is 39.3 Å². The predicted octanol–water partition coefficient (Wildman–Crippen LogP) is 2.44. The fourth-order valence-corrected chi connectivity index (χ4v) is 2.02. The minimum Gasteiger partial charge on any atom is -0.457 e. The van der Waals surface area contributed by atoms with E-state index in [9.17, 15) is 4.79 Å². The van der Waals surface area contributed by atoms with Gasteiger partial charge in [-0.2, -0.15) is 0 Å². The highest BCUT2D eigenvalue weighted by molar-refractivity contribution is 5.97. The molecule has 0 spiro atoms. The summed E-state index contributed by atoms with van der Waals surface area (Å²) in [5.74, 6) is 1.10. The largest absolute Gasteiger partial charge is 0.457 e. The Morgan fingerprint density at radius 2 is 1.70 bits per heavy atom. The Balaban J connectivity index is 1.90. The number of hydrogen-bond acceptors (Lipinski definition) is 4. The fraction of sp³-hybridized carbons (Fsp3) is 0.278. The van der Waals surface area contributed by atoms with Crippen molar-refractivity contribution < 1.29 is 14.3 Å². The van der Waals surface area contributed by atoms with E-state index < -0.39 is 0 Å². The van der Waals surface area contributed by atoms with E-state index in [4.69, 9.17) is 9.47 Å². The van der Waals surface area contributed by atoms with E-state index in [1.54, 1.807) is 19.2 Å². The Hall–Kier alpha value is -2.37. The highest BCUT2D eigenvalue weighted by Crippen LogP contribution is 2.24. The van der Waals surface area contributed by atoms with Crippen molar-refractivity contribution >= 4 is 5.91 Å². The number of amides is 1. The van der Waals surface area contributed by atoms with Gasteiger partial charge in [-0.1, -0.05) is 30.3 Å². The van der Waals surface area contributed by atoms with Crippen molar-refractivity contribution in [3.63, 3.8) is 0 Å². The molecular formula is C18H22N2O3. The van der Waals surface area contributed by atoms with Crippen LogP contribution in [0.2, 0.25) is 0 Å². The van der Waals surface area contributed by atoms with Crippen molar-refractivity contribution in [3.8, 4) is 11.5 Å². The summed E-state index contributed by atoms with van der Waals surface area (Å²) in [6, 6.07) is 16.6. The van der Waals surface area contributed by atoms with E-state index in [1.807, 2.05) is 42.5 Å². The van der Waals surface area contributed by atoms with Crippen molar-refractivity contribution in [1.29, 1.82) is 0 Å². The maximum Gasteiger partial charge on any atom is 0.255 e. The number of ether oxygens (including phenoxy) is 2. The molecule has 0 atom stereocenters. The van der Waals surface area contributed by atoms with Gasteiger partial charge < -0.3 is 20.1 Å². The van der Waals surface area contributed by atoms with Crippen LogP contribution in [0, 0.1) is 0 Å². The second kappa shape index (κ2) is 9.61. The van der Waals surface area contributed by atoms with Crippen LogP contribution in [0.25, 0.3) is 0 Å². The Kier molecular flexibility index (Phi) is 7.10. The van der Waals surface area contributed by atoms with Crippen LogP contribution >= 0.6 is 0 Å². The highest BCUT2D eigenvalue weighted by atomic mass is 16.5. The average molecular weight is 314 g/mol. The van der Waals surface area contributed by atoms with Gasteiger partial charge >= 0.3 is 0 Å². The molecule has 5 heteroatoms. The second-order valence-electron chi connectivity index (χ2n) is 4.91. The molecule has 5 nitrogen and oxygen atoms in total. The summed E-state index contributed by atoms with van der Waals surface area (Å²) in [7, 11) is 1.66. The van der Waals surface area contributed by atoms with Gasteiger partial charge in [-0.3, -0.25) is 4.79 Å². The number of benzene rings is 2. The first-order valence-electron chi connectivity index (χ1n) is 7.61. The van der Waals surface area contributed by atoms with Crippen molar-refractivity contribution in [2.24, 2.45) is 0 Å². The molecule has 23 heavy (non-hydrogen) atoms. The lowest BCUT2D eigenvalue weighted by molar-refractivity contribution is 0.0951. The molecule has 0 fully saturated rings. The number of carbonyl (C=O) groups is 1. The van der Waals surface area contributed by atoms with Crippen LogP contribution in [-0.2, 0) is 4.74 Å². The lowest BCUT2D eigenvalue weighted by atomic mass is 10.2. The topological polar surface area (TPSA) is 59.6 Å². The van der Waals surface area contributed by atoms with Gasteiger partial charge in [0.15, 0.2) is 0 Å². The first kappa shape index (κ1) is 17.0. The van der Waals surface area contributed by atoms with Crippen LogP contribution in [0.3, 0.4) is 0 Å². The number of hydrogen-bond donors (Lipinski definition) is 2. The Morgan fingerprint density at radius 1 is 0.957 bits per heavy atom. The van der Waals surface area contributed by atoms with Crippen LogP contribution in [0.4, 0.5) is 0 Å². The zero-order chi connectivity index (χ0) is 16.3. The number of para-hydroxylation sites is 2. The molecule has 2 N–H and O–H groups in total. The molecule has 2 rings (SSSR count). The fourth-order valence-electron chi connectivity index (χ4n) is 2.02. The molecule has 0 saturated heterocycles. The lowest BCUT2D eigenvalue weighted by Crippen LogP contribution is -2.33. The van der Waals surface area contributed by atoms with Gasteiger partial charge in [0.1, 0.15) is 11.5 Å². The zero-order valence-electron chi connectivity index (χ0n) is 13.2. The van der Waals surface area contributed by atoms with Crippen molar-refractivity contribution in [2.45, 2.75) is 0 Å². The van der Waals surface area contributed by atoms with Gasteiger partial charge in [0.2, 0.25) is 0 Å². The van der Waals surface area contributed by atoms with E-state index in [1.165, 1.54) is 0 Å². The Bertz CT molecular complexity index is 602. The average Bonchev–Trinajstić information content (AvgIpc) is 2.59. The third-order valence-corrected chi connectivity index (χ3v) is 3.17. The zero-order valence-corrected chi connectivity index (χ0v) is 13.2. The van der Waals surface area contributed by atoms with Gasteiger partial charge in [-0.25, -0.2) is 0 Å². The summed E-state index contributed by atoms with van der Waals surface area (Å²) in [6.45, 7) is 2.65. The van der Waals surface area contributed by atoms with E-state index in [-0.39, 0.29) is 5.91 Å². The van der Waals surface area contributed by atoms with Crippen molar-refractivity contribution in [2.75, 3.05) is 33.4 Å². The third kappa shape index (κ3) is 5.73. The van der Waals surface area contributed by atoms with Crippen molar-refractivity contribution in [3.05, 3.63) is 60.2 Å². The van der Waals surface area contributed by atoms with E-state index >= 15 is 0 Å². The predicted molar refractivity (Wildman–Crippen MR) is 90.0 cm³/mol. The number of rotatable bonds is 9. The van der Waals surface area contributed by atoms with Crippen LogP contribution in [0.15, 0.2) is 54.6 Å². The second-order valence-corrected chi connectivity index (χ2v) is 4.91. The molecule has 1 amide bonds. The van der Waals surface area contributed by atoms with Gasteiger partial charge in [0, 0.05) is 26.7 Å². The molecule has 2 aromatic rings. The van der Waals surface area contributed by atoms with Crippen LogP contribution < -0.4 is 15.4 Å². The number of methoxy groups -OCH3 is 1. The summed E-state index contributed by atoms with van der Waals surface area (Å²) in [4.78, 5) is 12.3. The molecule has 0 aliphatic rings. The first-order valence-corrected chi connectivity index (χ1v) is 7.61. The van der Waals surface area contributed by atoms with Gasteiger partial charge in [-0.15, -0.1) is 0 Å². The molecule has 122 valence electrons. The molecule has 0 aliphatic heterocycles. The van der Waals surface area contributed by atoms with Crippen molar-refractivity contribution in [1.82, 2.24) is 10.6 Å². The molecule has 0 bridgehead atoms. The van der Waals surface area contributed by atoms with Gasteiger partial charge in [0.25, 0.3) is 5.91 Å². The van der Waals surface area contributed by atoms with E-state index in [2.05, 4.69) is 10.6 Å². The Morgan fingerprint density at radius 3 is 2.48 bits per heavy atom. The number of carbonyl (C=O) groups excluding carboxylic acids is 1. The minimum atomic E-state index is -0.148. The monoisotopic (exact) mass is 314 g/mol. The lowest BCUT2D eigenvalue weighted by Gasteiger charge is -2.11. The maximum atomic E-state index is 12.3. The molecule has 0 unspecified atom stereocenters. The Labute approximate surface area is 136 Å². The van der Waals surface area contributed by atoms with Gasteiger partial charge in [0.05, 0.1) is 12.2 Å². The summed E-state index contributed by atoms with van der Waals surface area (Å²) in [5, 5.41) is 6.06. The summed E-state index contributed by atoms with van der Waals surface area (Å²) < 4.78 is 10.7. The summed E-state index contributed by atoms with van der Waals surface area (Å²) in [5.41, 5.74) is 0.522. The highest BCUT2D eigenvalue weighted by Gasteiger charge is 2.12. The molecule has 0 aliphatic carbocycles. The molecular weight excluding hydrogens is 292 g/mol. The quantitative estimate of drug-likeness (QED) is 0.698.